The van der Waals surface area contributed by atoms with Crippen molar-refractivity contribution < 1.29 is 14.3 Å². The van der Waals surface area contributed by atoms with E-state index in [-0.39, 0.29) is 12.1 Å². The summed E-state index contributed by atoms with van der Waals surface area (Å²) in [7, 11) is 3.35. The van der Waals surface area contributed by atoms with Crippen molar-refractivity contribution in [2.45, 2.75) is 19.1 Å². The second-order valence-electron chi connectivity index (χ2n) is 3.18. The lowest BCUT2D eigenvalue weighted by atomic mass is 10.2. The number of hydrogen-bond acceptors (Lipinski definition) is 4. The quantitative estimate of drug-likeness (QED) is 0.518. The Hall–Kier alpha value is -0.610. The molecule has 0 aromatic carbocycles. The van der Waals surface area contributed by atoms with E-state index in [0.29, 0.717) is 6.54 Å². The molecule has 0 bridgehead atoms. The molecule has 1 saturated heterocycles. The fourth-order valence-corrected chi connectivity index (χ4v) is 1.42. The second-order valence-corrected chi connectivity index (χ2v) is 3.18. The average Bonchev–Trinajstić information content (AvgIpc) is 2.01. The van der Waals surface area contributed by atoms with E-state index in [0.717, 1.165) is 6.54 Å². The highest BCUT2D eigenvalue weighted by Crippen LogP contribution is 2.09. The molecule has 0 aromatic rings. The van der Waals surface area contributed by atoms with E-state index in [1.807, 2.05) is 14.0 Å². The number of carbonyl (C=O) groups excluding carboxylic acids is 1. The number of esters is 1. The normalized spacial score (nSPS) is 31.6. The average molecular weight is 173 g/mol. The lowest BCUT2D eigenvalue weighted by Gasteiger charge is -2.32. The monoisotopic (exact) mass is 173 g/mol. The first-order valence-electron chi connectivity index (χ1n) is 4.05. The first-order chi connectivity index (χ1) is 5.63. The number of ether oxygens (including phenoxy) is 2. The predicted molar refractivity (Wildman–Crippen MR) is 43.8 cm³/mol. The Kier molecular flexibility index (Phi) is 3.05. The van der Waals surface area contributed by atoms with Crippen LogP contribution in [0.4, 0.5) is 0 Å². The van der Waals surface area contributed by atoms with Gasteiger partial charge in [-0.1, -0.05) is 0 Å². The van der Waals surface area contributed by atoms with Gasteiger partial charge in [-0.25, -0.2) is 4.79 Å². The fourth-order valence-electron chi connectivity index (χ4n) is 1.42. The van der Waals surface area contributed by atoms with Crippen LogP contribution in [0, 0.1) is 0 Å². The van der Waals surface area contributed by atoms with E-state index in [9.17, 15) is 4.79 Å². The number of methoxy groups -OCH3 is 1. The summed E-state index contributed by atoms with van der Waals surface area (Å²) in [5.74, 6) is -0.284. The Balaban J connectivity index is 2.49. The summed E-state index contributed by atoms with van der Waals surface area (Å²) in [5.41, 5.74) is 0. The van der Waals surface area contributed by atoms with Crippen molar-refractivity contribution in [1.82, 2.24) is 4.90 Å². The summed E-state index contributed by atoms with van der Waals surface area (Å²) < 4.78 is 9.99. The van der Waals surface area contributed by atoms with E-state index in [2.05, 4.69) is 9.64 Å². The van der Waals surface area contributed by atoms with E-state index in [1.54, 1.807) is 0 Å². The van der Waals surface area contributed by atoms with Gasteiger partial charge in [0.1, 0.15) is 0 Å². The number of rotatable bonds is 1. The van der Waals surface area contributed by atoms with Gasteiger partial charge in [-0.3, -0.25) is 0 Å². The topological polar surface area (TPSA) is 38.8 Å². The fraction of sp³-hybridized carbons (Fsp3) is 0.875. The number of hydrogen-bond donors (Lipinski definition) is 0. The van der Waals surface area contributed by atoms with Gasteiger partial charge in [0.2, 0.25) is 0 Å². The van der Waals surface area contributed by atoms with Crippen molar-refractivity contribution in [3.8, 4) is 0 Å². The van der Waals surface area contributed by atoms with Crippen LogP contribution in [0.5, 0.6) is 0 Å². The van der Waals surface area contributed by atoms with Crippen LogP contribution in [-0.4, -0.2) is 50.3 Å². The van der Waals surface area contributed by atoms with Gasteiger partial charge in [-0.15, -0.1) is 0 Å². The van der Waals surface area contributed by atoms with Crippen molar-refractivity contribution in [1.29, 1.82) is 0 Å². The lowest BCUT2D eigenvalue weighted by Crippen LogP contribution is -2.48. The molecule has 1 aliphatic rings. The smallest absolute Gasteiger partial charge is 0.336 e. The molecule has 2 atom stereocenters. The standard InChI is InChI=1S/C8H15NO3/c1-6-4-9(2)5-7(12-6)8(10)11-3/h6-7H,4-5H2,1-3H3. The molecule has 0 aliphatic carbocycles. The van der Waals surface area contributed by atoms with Gasteiger partial charge in [0.15, 0.2) is 6.10 Å². The molecular weight excluding hydrogens is 158 g/mol. The molecule has 1 fully saturated rings. The molecule has 4 heteroatoms. The molecule has 2 unspecified atom stereocenters. The molecule has 70 valence electrons. The minimum absolute atomic E-state index is 0.104. The first kappa shape index (κ1) is 9.48. The van der Waals surface area contributed by atoms with Gasteiger partial charge in [0, 0.05) is 13.1 Å². The lowest BCUT2D eigenvalue weighted by molar-refractivity contribution is -0.165. The van der Waals surface area contributed by atoms with Crippen molar-refractivity contribution >= 4 is 5.97 Å². The highest BCUT2D eigenvalue weighted by molar-refractivity contribution is 5.74. The zero-order valence-corrected chi connectivity index (χ0v) is 7.74. The Morgan fingerprint density at radius 3 is 2.75 bits per heavy atom. The van der Waals surface area contributed by atoms with E-state index in [4.69, 9.17) is 4.74 Å². The highest BCUT2D eigenvalue weighted by Gasteiger charge is 2.28. The molecule has 0 spiro atoms. The summed E-state index contributed by atoms with van der Waals surface area (Å²) in [5, 5.41) is 0. The van der Waals surface area contributed by atoms with Gasteiger partial charge >= 0.3 is 5.97 Å². The Labute approximate surface area is 72.4 Å². The minimum atomic E-state index is -0.413. The van der Waals surface area contributed by atoms with Crippen LogP contribution in [0.2, 0.25) is 0 Å². The van der Waals surface area contributed by atoms with Crippen LogP contribution in [0.15, 0.2) is 0 Å². The summed E-state index contributed by atoms with van der Waals surface area (Å²) in [6.45, 7) is 3.44. The molecule has 0 amide bonds. The van der Waals surface area contributed by atoms with Crippen LogP contribution in [0.25, 0.3) is 0 Å². The maximum atomic E-state index is 11.1. The Morgan fingerprint density at radius 1 is 1.58 bits per heavy atom. The summed E-state index contributed by atoms with van der Waals surface area (Å²) in [4.78, 5) is 13.1. The van der Waals surface area contributed by atoms with Gasteiger partial charge in [0.05, 0.1) is 13.2 Å². The van der Waals surface area contributed by atoms with Crippen LogP contribution in [-0.2, 0) is 14.3 Å². The number of morpholine rings is 1. The number of carbonyl (C=O) groups is 1. The SMILES string of the molecule is COC(=O)C1CN(C)CC(C)O1. The first-order valence-corrected chi connectivity index (χ1v) is 4.05. The molecule has 0 radical (unpaired) electrons. The van der Waals surface area contributed by atoms with Crippen LogP contribution >= 0.6 is 0 Å². The molecule has 1 heterocycles. The Morgan fingerprint density at radius 2 is 2.25 bits per heavy atom. The molecule has 1 rings (SSSR count). The van der Waals surface area contributed by atoms with Crippen molar-refractivity contribution in [2.24, 2.45) is 0 Å². The molecular formula is C8H15NO3. The zero-order valence-electron chi connectivity index (χ0n) is 7.74. The third-order valence-electron chi connectivity index (χ3n) is 1.91. The van der Waals surface area contributed by atoms with Crippen molar-refractivity contribution in [3.63, 3.8) is 0 Å². The third kappa shape index (κ3) is 2.19. The van der Waals surface area contributed by atoms with Gasteiger partial charge in [-0.05, 0) is 14.0 Å². The van der Waals surface area contributed by atoms with Crippen LogP contribution in [0.1, 0.15) is 6.92 Å². The predicted octanol–water partition coefficient (Wildman–Crippen LogP) is -0.122. The summed E-state index contributed by atoms with van der Waals surface area (Å²) in [6, 6.07) is 0. The van der Waals surface area contributed by atoms with E-state index < -0.39 is 6.10 Å². The van der Waals surface area contributed by atoms with Crippen LogP contribution in [0.3, 0.4) is 0 Å². The van der Waals surface area contributed by atoms with E-state index >= 15 is 0 Å². The van der Waals surface area contributed by atoms with Crippen LogP contribution < -0.4 is 0 Å². The maximum Gasteiger partial charge on any atom is 0.336 e. The molecule has 0 saturated carbocycles. The van der Waals surface area contributed by atoms with Gasteiger partial charge in [0.25, 0.3) is 0 Å². The molecule has 0 aromatic heterocycles. The largest absolute Gasteiger partial charge is 0.467 e. The van der Waals surface area contributed by atoms with E-state index in [1.165, 1.54) is 7.11 Å². The summed E-state index contributed by atoms with van der Waals surface area (Å²) >= 11 is 0. The Bertz CT molecular complexity index is 162. The minimum Gasteiger partial charge on any atom is -0.467 e. The van der Waals surface area contributed by atoms with Gasteiger partial charge in [-0.2, -0.15) is 0 Å². The third-order valence-corrected chi connectivity index (χ3v) is 1.91. The molecule has 1 aliphatic heterocycles. The summed E-state index contributed by atoms with van der Waals surface area (Å²) in [6.07, 6.45) is -0.309. The van der Waals surface area contributed by atoms with Gasteiger partial charge < -0.3 is 14.4 Å². The highest BCUT2D eigenvalue weighted by atomic mass is 16.6. The molecule has 4 nitrogen and oxygen atoms in total. The zero-order chi connectivity index (χ0) is 9.14. The number of likely N-dealkylation sites (N-methyl/N-ethyl adjacent to an activating group) is 1. The number of nitrogens with zero attached hydrogens (tertiary/aromatic N) is 1. The maximum absolute atomic E-state index is 11.1. The van der Waals surface area contributed by atoms with Crippen molar-refractivity contribution in [3.05, 3.63) is 0 Å². The molecule has 12 heavy (non-hydrogen) atoms. The van der Waals surface area contributed by atoms with Crippen molar-refractivity contribution in [2.75, 3.05) is 27.2 Å². The second kappa shape index (κ2) is 3.87. The molecule has 0 N–H and O–H groups in total.